The summed E-state index contributed by atoms with van der Waals surface area (Å²) < 4.78 is 10.9. The molecule has 1 unspecified atom stereocenters. The lowest BCUT2D eigenvalue weighted by molar-refractivity contribution is -0.139. The Kier molecular flexibility index (Phi) is 4.37. The van der Waals surface area contributed by atoms with Crippen LogP contribution in [0, 0.1) is 5.41 Å². The highest BCUT2D eigenvalue weighted by Gasteiger charge is 2.44. The van der Waals surface area contributed by atoms with E-state index in [9.17, 15) is 9.59 Å². The average molecular weight is 342 g/mol. The van der Waals surface area contributed by atoms with Crippen molar-refractivity contribution in [1.82, 2.24) is 4.98 Å². The van der Waals surface area contributed by atoms with Crippen LogP contribution in [0.4, 0.5) is 0 Å². The van der Waals surface area contributed by atoms with Crippen molar-refractivity contribution in [2.45, 2.75) is 39.5 Å². The zero-order chi connectivity index (χ0) is 18.2. The van der Waals surface area contributed by atoms with Gasteiger partial charge in [0.05, 0.1) is 12.5 Å². The van der Waals surface area contributed by atoms with Crippen LogP contribution in [0.5, 0.6) is 0 Å². The first-order valence-corrected chi connectivity index (χ1v) is 8.35. The van der Waals surface area contributed by atoms with Crippen LogP contribution in [0.3, 0.4) is 0 Å². The number of hydrogen-bond acceptors (Lipinski definition) is 6. The number of allylic oxidation sites excluding steroid dienone is 2. The number of Topliss-reactive ketones (excluding diaryl/α,β-unsaturated/α-hetero) is 1. The molecule has 132 valence electrons. The van der Waals surface area contributed by atoms with Crippen molar-refractivity contribution in [3.63, 3.8) is 0 Å². The SMILES string of the molecule is CCOC(=O)C1=C(N)OC2=C(C(=O)CC(C)(C)C2)C1c1ccncc1. The molecule has 1 aliphatic heterocycles. The molecule has 0 fully saturated rings. The van der Waals surface area contributed by atoms with Gasteiger partial charge >= 0.3 is 5.97 Å². The fraction of sp³-hybridized carbons (Fsp3) is 0.421. The van der Waals surface area contributed by atoms with E-state index < -0.39 is 11.9 Å². The maximum Gasteiger partial charge on any atom is 0.340 e. The van der Waals surface area contributed by atoms with E-state index >= 15 is 0 Å². The number of pyridine rings is 1. The number of rotatable bonds is 3. The molecule has 1 aliphatic carbocycles. The first kappa shape index (κ1) is 17.2. The summed E-state index contributed by atoms with van der Waals surface area (Å²) in [6.07, 6.45) is 4.24. The molecule has 2 N–H and O–H groups in total. The minimum absolute atomic E-state index is 0.00418. The van der Waals surface area contributed by atoms with E-state index in [2.05, 4.69) is 4.98 Å². The van der Waals surface area contributed by atoms with Crippen molar-refractivity contribution in [3.05, 3.63) is 52.9 Å². The molecular formula is C19H22N2O4. The lowest BCUT2D eigenvalue weighted by Gasteiger charge is -2.37. The number of aromatic nitrogens is 1. The molecule has 0 bridgehead atoms. The van der Waals surface area contributed by atoms with Crippen LogP contribution in [-0.2, 0) is 19.1 Å². The second-order valence-electron chi connectivity index (χ2n) is 7.09. The molecule has 0 saturated carbocycles. The monoisotopic (exact) mass is 342 g/mol. The van der Waals surface area contributed by atoms with Crippen LogP contribution in [0.15, 0.2) is 47.3 Å². The normalized spacial score (nSPS) is 22.4. The van der Waals surface area contributed by atoms with Crippen LogP contribution in [-0.4, -0.2) is 23.3 Å². The molecule has 6 heteroatoms. The van der Waals surface area contributed by atoms with Crippen molar-refractivity contribution in [1.29, 1.82) is 0 Å². The lowest BCUT2D eigenvalue weighted by atomic mass is 9.70. The van der Waals surface area contributed by atoms with Crippen molar-refractivity contribution in [2.24, 2.45) is 11.1 Å². The maximum atomic E-state index is 12.9. The first-order valence-electron chi connectivity index (χ1n) is 8.35. The topological polar surface area (TPSA) is 91.5 Å². The van der Waals surface area contributed by atoms with Crippen LogP contribution in [0.25, 0.3) is 0 Å². The minimum Gasteiger partial charge on any atom is -0.462 e. The zero-order valence-corrected chi connectivity index (χ0v) is 14.7. The van der Waals surface area contributed by atoms with E-state index in [-0.39, 0.29) is 29.3 Å². The molecule has 0 spiro atoms. The van der Waals surface area contributed by atoms with Crippen molar-refractivity contribution < 1.29 is 19.1 Å². The molecule has 0 saturated heterocycles. The second kappa shape index (κ2) is 6.35. The van der Waals surface area contributed by atoms with Crippen molar-refractivity contribution in [3.8, 4) is 0 Å². The van der Waals surface area contributed by atoms with Crippen molar-refractivity contribution >= 4 is 11.8 Å². The highest BCUT2D eigenvalue weighted by atomic mass is 16.5. The van der Waals surface area contributed by atoms with Gasteiger partial charge in [-0.3, -0.25) is 9.78 Å². The van der Waals surface area contributed by atoms with Gasteiger partial charge in [-0.1, -0.05) is 13.8 Å². The van der Waals surface area contributed by atoms with Gasteiger partial charge < -0.3 is 15.2 Å². The summed E-state index contributed by atoms with van der Waals surface area (Å²) in [7, 11) is 0. The van der Waals surface area contributed by atoms with Gasteiger partial charge in [-0.15, -0.1) is 0 Å². The van der Waals surface area contributed by atoms with E-state index in [1.165, 1.54) is 0 Å². The van der Waals surface area contributed by atoms with Gasteiger partial charge in [-0.05, 0) is 30.0 Å². The molecule has 1 aromatic rings. The third-order valence-electron chi connectivity index (χ3n) is 4.49. The van der Waals surface area contributed by atoms with Crippen molar-refractivity contribution in [2.75, 3.05) is 6.61 Å². The first-order chi connectivity index (χ1) is 11.8. The van der Waals surface area contributed by atoms with Gasteiger partial charge in [0.15, 0.2) is 5.78 Å². The van der Waals surface area contributed by atoms with E-state index in [0.29, 0.717) is 24.2 Å². The Morgan fingerprint density at radius 1 is 1.36 bits per heavy atom. The number of carbonyl (C=O) groups is 2. The average Bonchev–Trinajstić information content (AvgIpc) is 2.53. The third kappa shape index (κ3) is 3.16. The van der Waals surface area contributed by atoms with E-state index in [0.717, 1.165) is 5.56 Å². The van der Waals surface area contributed by atoms with Gasteiger partial charge in [0.25, 0.3) is 0 Å². The predicted octanol–water partition coefficient (Wildman–Crippen LogP) is 2.57. The molecule has 0 aromatic carbocycles. The fourth-order valence-corrected chi connectivity index (χ4v) is 3.48. The summed E-state index contributed by atoms with van der Waals surface area (Å²) in [5, 5.41) is 0. The molecule has 1 aromatic heterocycles. The highest BCUT2D eigenvalue weighted by Crippen LogP contribution is 2.48. The molecule has 3 rings (SSSR count). The van der Waals surface area contributed by atoms with E-state index in [1.54, 1.807) is 31.5 Å². The predicted molar refractivity (Wildman–Crippen MR) is 91.0 cm³/mol. The van der Waals surface area contributed by atoms with Crippen LogP contribution in [0.2, 0.25) is 0 Å². The van der Waals surface area contributed by atoms with Gasteiger partial charge in [0.1, 0.15) is 11.3 Å². The molecule has 6 nitrogen and oxygen atoms in total. The zero-order valence-electron chi connectivity index (χ0n) is 14.7. The molecule has 25 heavy (non-hydrogen) atoms. The van der Waals surface area contributed by atoms with Crippen LogP contribution < -0.4 is 5.73 Å². The number of ketones is 1. The maximum absolute atomic E-state index is 12.9. The fourth-order valence-electron chi connectivity index (χ4n) is 3.48. The summed E-state index contributed by atoms with van der Waals surface area (Å²) in [5.74, 6) is -0.624. The minimum atomic E-state index is -0.589. The smallest absolute Gasteiger partial charge is 0.340 e. The largest absolute Gasteiger partial charge is 0.462 e. The van der Waals surface area contributed by atoms with Gasteiger partial charge in [0, 0.05) is 30.8 Å². The van der Waals surface area contributed by atoms with E-state index in [4.69, 9.17) is 15.2 Å². The molecule has 0 amide bonds. The summed E-state index contributed by atoms with van der Waals surface area (Å²) in [5.41, 5.74) is 7.32. The quantitative estimate of drug-likeness (QED) is 0.849. The standard InChI is InChI=1S/C19H22N2O4/c1-4-24-18(23)16-14(11-5-7-21-8-6-11)15-12(22)9-19(2,3)10-13(15)25-17(16)20/h5-8,14H,4,9-10,20H2,1-3H3. The summed E-state index contributed by atoms with van der Waals surface area (Å²) in [6, 6.07) is 3.56. The van der Waals surface area contributed by atoms with Crippen LogP contribution in [0.1, 0.15) is 45.1 Å². The number of nitrogens with two attached hydrogens (primary N) is 1. The van der Waals surface area contributed by atoms with E-state index in [1.807, 2.05) is 13.8 Å². The molecule has 2 heterocycles. The van der Waals surface area contributed by atoms with Crippen LogP contribution >= 0.6 is 0 Å². The molecular weight excluding hydrogens is 320 g/mol. The Hall–Kier alpha value is -2.63. The number of ether oxygens (including phenoxy) is 2. The molecule has 1 atom stereocenters. The van der Waals surface area contributed by atoms with Gasteiger partial charge in [-0.2, -0.15) is 0 Å². The highest BCUT2D eigenvalue weighted by molar-refractivity contribution is 6.03. The third-order valence-corrected chi connectivity index (χ3v) is 4.49. The Balaban J connectivity index is 2.16. The van der Waals surface area contributed by atoms with Gasteiger partial charge in [0.2, 0.25) is 5.88 Å². The number of esters is 1. The summed E-state index contributed by atoms with van der Waals surface area (Å²) in [4.78, 5) is 29.4. The molecule has 0 radical (unpaired) electrons. The lowest BCUT2D eigenvalue weighted by Crippen LogP contribution is -2.35. The Morgan fingerprint density at radius 2 is 2.04 bits per heavy atom. The van der Waals surface area contributed by atoms with Gasteiger partial charge in [-0.25, -0.2) is 4.79 Å². The summed E-state index contributed by atoms with van der Waals surface area (Å²) >= 11 is 0. The Labute approximate surface area is 146 Å². The number of carbonyl (C=O) groups excluding carboxylic acids is 2. The second-order valence-corrected chi connectivity index (χ2v) is 7.09. The Morgan fingerprint density at radius 3 is 2.68 bits per heavy atom. The Bertz CT molecular complexity index is 778. The number of hydrogen-bond donors (Lipinski definition) is 1. The number of nitrogens with zero attached hydrogens (tertiary/aromatic N) is 1. The molecule has 2 aliphatic rings. The summed E-state index contributed by atoms with van der Waals surface area (Å²) in [6.45, 7) is 5.96.